The second-order valence-corrected chi connectivity index (χ2v) is 21.0. The van der Waals surface area contributed by atoms with Gasteiger partial charge in [0.25, 0.3) is 0 Å². The maximum absolute atomic E-state index is 15.8. The normalized spacial score (nSPS) is 12.9. The maximum Gasteiger partial charge on any atom is 0.195 e. The highest BCUT2D eigenvalue weighted by atomic mass is 32.2. The molecule has 8 aromatic rings. The van der Waals surface area contributed by atoms with E-state index in [1.54, 1.807) is 104 Å². The quantitative estimate of drug-likeness (QED) is 0.0905. The van der Waals surface area contributed by atoms with Crippen molar-refractivity contribution in [2.45, 2.75) is 8.42 Å². The van der Waals surface area contributed by atoms with Crippen LogP contribution in [0.5, 0.6) is 0 Å². The van der Waals surface area contributed by atoms with Crippen molar-refractivity contribution in [3.63, 3.8) is 0 Å². The number of hydrogen-bond acceptors (Lipinski definition) is 10. The zero-order valence-corrected chi connectivity index (χ0v) is 35.9. The van der Waals surface area contributed by atoms with Gasteiger partial charge in [-0.2, -0.15) is 0 Å². The van der Waals surface area contributed by atoms with E-state index in [0.29, 0.717) is 33.4 Å². The predicted octanol–water partition coefficient (Wildman–Crippen LogP) is 16.1. The first-order valence-electron chi connectivity index (χ1n) is 17.3. The predicted molar refractivity (Wildman–Crippen MR) is 250 cm³/mol. The van der Waals surface area contributed by atoms with Crippen molar-refractivity contribution in [2.75, 3.05) is 0 Å². The molecule has 0 bridgehead atoms. The molecule has 56 heavy (non-hydrogen) atoms. The zero-order valence-electron chi connectivity index (χ0n) is 29.4. The summed E-state index contributed by atoms with van der Waals surface area (Å²) in [4.78, 5) is 39.8. The number of fused-ring (bicyclic) bond motifs is 2. The first kappa shape index (κ1) is 37.2. The molecule has 0 aliphatic heterocycles. The number of rotatable bonds is 12. The molecule has 6 aromatic heterocycles. The minimum Gasteiger partial charge on any atom is -0.289 e. The van der Waals surface area contributed by atoms with Crippen LogP contribution >= 0.6 is 91.5 Å². The molecular formula is C46H28O2S8. The molecule has 0 unspecified atom stereocenters. The van der Waals surface area contributed by atoms with E-state index in [1.165, 1.54) is 9.75 Å². The largest absolute Gasteiger partial charge is 0.289 e. The highest BCUT2D eigenvalue weighted by Crippen LogP contribution is 2.50. The van der Waals surface area contributed by atoms with Crippen LogP contribution in [0.15, 0.2) is 164 Å². The van der Waals surface area contributed by atoms with Gasteiger partial charge in [0.15, 0.2) is 11.6 Å². The lowest BCUT2D eigenvalue weighted by Crippen LogP contribution is -2.25. The Bertz CT molecular complexity index is 2610. The molecule has 0 saturated carbocycles. The number of carbonyl (C=O) groups excluding carboxylic acids is 2. The zero-order chi connectivity index (χ0) is 38.2. The first-order chi connectivity index (χ1) is 27.5. The summed E-state index contributed by atoms with van der Waals surface area (Å²) in [6.45, 7) is 8.07. The SMILES string of the molecule is C=C/C=C(\Sc1cccs1)c1ccc(-c2ccc(-c3cccs3)s2)c2c1C(=O)c1c(/C(=C/C=C)Sc3cccs3)ccc(-c3ccc(-c4cccs4)s3)c1C2=O. The van der Waals surface area contributed by atoms with Crippen molar-refractivity contribution in [2.24, 2.45) is 0 Å². The van der Waals surface area contributed by atoms with Crippen molar-refractivity contribution >= 4 is 113 Å². The average Bonchev–Trinajstić information content (AvgIpc) is 4.07. The van der Waals surface area contributed by atoms with E-state index >= 15 is 9.59 Å². The lowest BCUT2D eigenvalue weighted by atomic mass is 9.75. The molecular weight excluding hydrogens is 841 g/mol. The molecule has 10 heteroatoms. The number of hydrogen-bond donors (Lipinski definition) is 0. The van der Waals surface area contributed by atoms with Crippen molar-refractivity contribution in [3.8, 4) is 40.4 Å². The van der Waals surface area contributed by atoms with Gasteiger partial charge in [-0.25, -0.2) is 0 Å². The minimum atomic E-state index is -0.170. The standard InChI is InChI=1S/C46H28O2S8/c1-3-9-31(55-39-13-7-25-51-39)27-15-17-29(33-19-21-37(53-33)35-11-5-23-49-35)43-41(27)45(47)42-28(32(10-4-2)56-40-14-8-26-52-40)16-18-30(44(42)46(43)48)34-20-22-38(54-34)36-12-6-24-50-36/h3-26H,1-2H2/b31-9-,32-10-. The summed E-state index contributed by atoms with van der Waals surface area (Å²) in [5, 5.41) is 8.23. The monoisotopic (exact) mass is 868 g/mol. The number of thioether (sulfide) groups is 2. The molecule has 2 aromatic carbocycles. The smallest absolute Gasteiger partial charge is 0.195 e. The molecule has 0 N–H and O–H groups in total. The number of carbonyl (C=O) groups is 2. The van der Waals surface area contributed by atoms with Crippen LogP contribution in [0, 0.1) is 0 Å². The van der Waals surface area contributed by atoms with Gasteiger partial charge in [-0.15, -0.1) is 68.0 Å². The molecule has 0 spiro atoms. The third kappa shape index (κ3) is 6.99. The molecule has 272 valence electrons. The van der Waals surface area contributed by atoms with Gasteiger partial charge in [0.05, 0.1) is 8.42 Å². The first-order valence-corrected chi connectivity index (χ1v) is 24.1. The maximum atomic E-state index is 15.8. The molecule has 0 radical (unpaired) electrons. The van der Waals surface area contributed by atoms with Gasteiger partial charge in [0, 0.05) is 83.6 Å². The molecule has 6 heterocycles. The fraction of sp³-hybridized carbons (Fsp3) is 0. The van der Waals surface area contributed by atoms with E-state index in [4.69, 9.17) is 0 Å². The fourth-order valence-electron chi connectivity index (χ4n) is 6.72. The molecule has 0 amide bonds. The van der Waals surface area contributed by atoms with E-state index < -0.39 is 0 Å². The Labute approximate surface area is 357 Å². The van der Waals surface area contributed by atoms with E-state index in [9.17, 15) is 0 Å². The van der Waals surface area contributed by atoms with Gasteiger partial charge in [0.1, 0.15) is 0 Å². The van der Waals surface area contributed by atoms with Crippen LogP contribution in [0.1, 0.15) is 43.0 Å². The highest BCUT2D eigenvalue weighted by Gasteiger charge is 2.39. The van der Waals surface area contributed by atoms with E-state index in [2.05, 4.69) is 72.4 Å². The van der Waals surface area contributed by atoms with Crippen molar-refractivity contribution in [1.29, 1.82) is 0 Å². The molecule has 9 rings (SSSR count). The van der Waals surface area contributed by atoms with E-state index in [1.807, 2.05) is 71.4 Å². The fourth-order valence-corrected chi connectivity index (χ4v) is 14.2. The Morgan fingerprint density at radius 1 is 0.446 bits per heavy atom. The Hall–Kier alpha value is -4.36. The second-order valence-electron chi connectivity index (χ2n) is 12.4. The van der Waals surface area contributed by atoms with Gasteiger partial charge in [0.2, 0.25) is 0 Å². The van der Waals surface area contributed by atoms with Crippen LogP contribution in [0.3, 0.4) is 0 Å². The van der Waals surface area contributed by atoms with Crippen molar-refractivity contribution < 1.29 is 9.59 Å². The van der Waals surface area contributed by atoms with E-state index in [-0.39, 0.29) is 11.6 Å². The lowest BCUT2D eigenvalue weighted by Gasteiger charge is -2.27. The summed E-state index contributed by atoms with van der Waals surface area (Å²) in [5.74, 6) is -0.324. The number of thiophene rings is 6. The van der Waals surface area contributed by atoms with Crippen LogP contribution < -0.4 is 0 Å². The van der Waals surface area contributed by atoms with Crippen LogP contribution in [0.2, 0.25) is 0 Å². The van der Waals surface area contributed by atoms with Crippen LogP contribution in [0.25, 0.3) is 50.2 Å². The topological polar surface area (TPSA) is 34.1 Å². The summed E-state index contributed by atoms with van der Waals surface area (Å²) < 4.78 is 2.16. The van der Waals surface area contributed by atoms with E-state index in [0.717, 1.165) is 48.9 Å². The summed E-state index contributed by atoms with van der Waals surface area (Å²) in [6, 6.07) is 33.0. The van der Waals surface area contributed by atoms with Gasteiger partial charge in [-0.3, -0.25) is 9.59 Å². The summed E-state index contributed by atoms with van der Waals surface area (Å²) >= 11 is 13.1. The lowest BCUT2D eigenvalue weighted by molar-refractivity contribution is 0.0979. The Morgan fingerprint density at radius 3 is 1.25 bits per heavy atom. The molecule has 0 saturated heterocycles. The third-order valence-corrected chi connectivity index (χ3v) is 17.7. The minimum absolute atomic E-state index is 0.154. The summed E-state index contributed by atoms with van der Waals surface area (Å²) in [7, 11) is 0. The Balaban J connectivity index is 1.31. The summed E-state index contributed by atoms with van der Waals surface area (Å²) in [6.07, 6.45) is 7.38. The number of allylic oxidation sites excluding steroid dienone is 4. The molecule has 0 atom stereocenters. The van der Waals surface area contributed by atoms with Gasteiger partial charge >= 0.3 is 0 Å². The van der Waals surface area contributed by atoms with Crippen molar-refractivity contribution in [1.82, 2.24) is 0 Å². The third-order valence-electron chi connectivity index (χ3n) is 9.07. The number of benzene rings is 2. The van der Waals surface area contributed by atoms with Gasteiger partial charge < -0.3 is 0 Å². The molecule has 0 fully saturated rings. The Kier molecular flexibility index (Phi) is 10.8. The van der Waals surface area contributed by atoms with Crippen LogP contribution in [0.4, 0.5) is 0 Å². The van der Waals surface area contributed by atoms with Gasteiger partial charge in [-0.1, -0.05) is 97.4 Å². The molecule has 1 aliphatic carbocycles. The second kappa shape index (κ2) is 16.2. The van der Waals surface area contributed by atoms with Crippen molar-refractivity contribution in [3.05, 3.63) is 189 Å². The Morgan fingerprint density at radius 2 is 0.857 bits per heavy atom. The van der Waals surface area contributed by atoms with Crippen LogP contribution in [-0.2, 0) is 0 Å². The highest BCUT2D eigenvalue weighted by molar-refractivity contribution is 8.10. The average molecular weight is 869 g/mol. The molecule has 1 aliphatic rings. The summed E-state index contributed by atoms with van der Waals surface area (Å²) in [5.41, 5.74) is 4.68. The van der Waals surface area contributed by atoms with Crippen LogP contribution in [-0.4, -0.2) is 11.6 Å². The van der Waals surface area contributed by atoms with Gasteiger partial charge in [-0.05, 0) is 82.2 Å². The molecule has 2 nitrogen and oxygen atoms in total. The number of ketones is 2.